The molecule has 0 aliphatic heterocycles. The largest absolute Gasteiger partial charge is 0.360 e. The molecule has 0 aromatic carbocycles. The van der Waals surface area contributed by atoms with E-state index in [4.69, 9.17) is 12.2 Å². The lowest BCUT2D eigenvalue weighted by molar-refractivity contribution is 0.392. The molecular formula is C13H20N2S2. The molecule has 17 heavy (non-hydrogen) atoms. The van der Waals surface area contributed by atoms with Crippen molar-refractivity contribution in [1.29, 1.82) is 0 Å². The van der Waals surface area contributed by atoms with Crippen LogP contribution in [-0.2, 0) is 6.54 Å². The van der Waals surface area contributed by atoms with Crippen molar-refractivity contribution in [3.63, 3.8) is 0 Å². The van der Waals surface area contributed by atoms with Gasteiger partial charge in [-0.2, -0.15) is 11.3 Å². The van der Waals surface area contributed by atoms with E-state index in [-0.39, 0.29) is 0 Å². The Balaban J connectivity index is 1.78. The summed E-state index contributed by atoms with van der Waals surface area (Å²) in [4.78, 5) is 2.13. The van der Waals surface area contributed by atoms with E-state index in [9.17, 15) is 0 Å². The standard InChI is InChI=1S/C13H20N2S2/c1-15(9-11-7-8-17-10-11)13(16)14-12-5-3-2-4-6-12/h7-8,10,12H,2-6,9H2,1H3,(H,14,16). The Morgan fingerprint density at radius 1 is 1.47 bits per heavy atom. The second-order valence-electron chi connectivity index (χ2n) is 4.77. The molecule has 1 N–H and O–H groups in total. The van der Waals surface area contributed by atoms with Crippen LogP contribution in [0, 0.1) is 0 Å². The van der Waals surface area contributed by atoms with Crippen molar-refractivity contribution in [2.24, 2.45) is 0 Å². The van der Waals surface area contributed by atoms with Gasteiger partial charge >= 0.3 is 0 Å². The highest BCUT2D eigenvalue weighted by molar-refractivity contribution is 7.80. The summed E-state index contributed by atoms with van der Waals surface area (Å²) >= 11 is 7.19. The monoisotopic (exact) mass is 268 g/mol. The molecule has 1 fully saturated rings. The van der Waals surface area contributed by atoms with Gasteiger partial charge in [0.05, 0.1) is 0 Å². The molecule has 94 valence electrons. The zero-order valence-corrected chi connectivity index (χ0v) is 11.9. The summed E-state index contributed by atoms with van der Waals surface area (Å²) in [6.45, 7) is 0.905. The summed E-state index contributed by atoms with van der Waals surface area (Å²) < 4.78 is 0. The number of nitrogens with one attached hydrogen (secondary N) is 1. The Morgan fingerprint density at radius 2 is 2.24 bits per heavy atom. The first kappa shape index (κ1) is 12.8. The molecule has 1 saturated carbocycles. The van der Waals surface area contributed by atoms with Crippen LogP contribution in [0.2, 0.25) is 0 Å². The van der Waals surface area contributed by atoms with Gasteiger partial charge in [0.1, 0.15) is 0 Å². The highest BCUT2D eigenvalue weighted by Gasteiger charge is 2.15. The Labute approximate surface area is 113 Å². The third kappa shape index (κ3) is 3.96. The van der Waals surface area contributed by atoms with Crippen molar-refractivity contribution in [2.75, 3.05) is 7.05 Å². The predicted octanol–water partition coefficient (Wildman–Crippen LogP) is 3.39. The van der Waals surface area contributed by atoms with E-state index < -0.39 is 0 Å². The minimum Gasteiger partial charge on any atom is -0.360 e. The van der Waals surface area contributed by atoms with Crippen molar-refractivity contribution >= 4 is 28.7 Å². The average Bonchev–Trinajstić information content (AvgIpc) is 2.83. The molecule has 0 spiro atoms. The second kappa shape index (κ2) is 6.36. The molecule has 1 aliphatic rings. The summed E-state index contributed by atoms with van der Waals surface area (Å²) in [7, 11) is 2.07. The van der Waals surface area contributed by atoms with Crippen LogP contribution >= 0.6 is 23.6 Å². The van der Waals surface area contributed by atoms with Gasteiger partial charge in [-0.15, -0.1) is 0 Å². The molecule has 1 aliphatic carbocycles. The minimum absolute atomic E-state index is 0.598. The third-order valence-corrected chi connectivity index (χ3v) is 4.44. The van der Waals surface area contributed by atoms with Crippen molar-refractivity contribution in [3.05, 3.63) is 22.4 Å². The summed E-state index contributed by atoms with van der Waals surface area (Å²) in [6.07, 6.45) is 6.61. The molecular weight excluding hydrogens is 248 g/mol. The molecule has 2 rings (SSSR count). The summed E-state index contributed by atoms with van der Waals surface area (Å²) in [5, 5.41) is 8.68. The fraction of sp³-hybridized carbons (Fsp3) is 0.615. The number of thiocarbonyl (C=S) groups is 1. The van der Waals surface area contributed by atoms with Crippen molar-refractivity contribution in [3.8, 4) is 0 Å². The van der Waals surface area contributed by atoms with E-state index in [0.29, 0.717) is 6.04 Å². The van der Waals surface area contributed by atoms with E-state index in [1.165, 1.54) is 37.7 Å². The minimum atomic E-state index is 0.598. The van der Waals surface area contributed by atoms with E-state index >= 15 is 0 Å². The van der Waals surface area contributed by atoms with Crippen LogP contribution in [0.25, 0.3) is 0 Å². The second-order valence-corrected chi connectivity index (χ2v) is 5.94. The maximum Gasteiger partial charge on any atom is 0.169 e. The number of nitrogens with zero attached hydrogens (tertiary/aromatic N) is 1. The predicted molar refractivity (Wildman–Crippen MR) is 78.4 cm³/mol. The zero-order chi connectivity index (χ0) is 12.1. The fourth-order valence-corrected chi connectivity index (χ4v) is 3.15. The molecule has 0 unspecified atom stereocenters. The van der Waals surface area contributed by atoms with Gasteiger partial charge < -0.3 is 10.2 Å². The quantitative estimate of drug-likeness (QED) is 0.846. The Morgan fingerprint density at radius 3 is 2.88 bits per heavy atom. The maximum atomic E-state index is 5.45. The topological polar surface area (TPSA) is 15.3 Å². The van der Waals surface area contributed by atoms with Gasteiger partial charge in [-0.3, -0.25) is 0 Å². The lowest BCUT2D eigenvalue weighted by atomic mass is 9.96. The molecule has 4 heteroatoms. The Kier molecular flexibility index (Phi) is 4.80. The van der Waals surface area contributed by atoms with E-state index in [0.717, 1.165) is 11.7 Å². The maximum absolute atomic E-state index is 5.45. The van der Waals surface area contributed by atoms with Crippen LogP contribution < -0.4 is 5.32 Å². The molecule has 0 bridgehead atoms. The summed E-state index contributed by atoms with van der Waals surface area (Å²) in [5.41, 5.74) is 1.34. The molecule has 1 aromatic rings. The molecule has 1 heterocycles. The first-order valence-electron chi connectivity index (χ1n) is 6.28. The fourth-order valence-electron chi connectivity index (χ4n) is 2.26. The summed E-state index contributed by atoms with van der Waals surface area (Å²) in [6, 6.07) is 2.76. The average molecular weight is 268 g/mol. The van der Waals surface area contributed by atoms with Crippen LogP contribution in [0.5, 0.6) is 0 Å². The van der Waals surface area contributed by atoms with E-state index in [2.05, 4.69) is 34.1 Å². The van der Waals surface area contributed by atoms with Gasteiger partial charge in [-0.25, -0.2) is 0 Å². The van der Waals surface area contributed by atoms with Gasteiger partial charge in [0, 0.05) is 19.6 Å². The van der Waals surface area contributed by atoms with E-state index in [1.807, 2.05) is 0 Å². The molecule has 0 atom stereocenters. The molecule has 1 aromatic heterocycles. The van der Waals surface area contributed by atoms with Gasteiger partial charge in [-0.05, 0) is 47.4 Å². The lowest BCUT2D eigenvalue weighted by Crippen LogP contribution is -2.43. The molecule has 0 saturated heterocycles. The number of rotatable bonds is 3. The molecule has 0 radical (unpaired) electrons. The molecule has 2 nitrogen and oxygen atoms in total. The van der Waals surface area contributed by atoms with Gasteiger partial charge in [0.25, 0.3) is 0 Å². The van der Waals surface area contributed by atoms with E-state index in [1.54, 1.807) is 11.3 Å². The van der Waals surface area contributed by atoms with Crippen LogP contribution in [0.1, 0.15) is 37.7 Å². The van der Waals surface area contributed by atoms with Crippen molar-refractivity contribution in [1.82, 2.24) is 10.2 Å². The van der Waals surface area contributed by atoms with Crippen LogP contribution in [0.15, 0.2) is 16.8 Å². The zero-order valence-electron chi connectivity index (χ0n) is 10.3. The highest BCUT2D eigenvalue weighted by atomic mass is 32.1. The smallest absolute Gasteiger partial charge is 0.169 e. The first-order chi connectivity index (χ1) is 8.25. The van der Waals surface area contributed by atoms with Crippen LogP contribution in [-0.4, -0.2) is 23.1 Å². The SMILES string of the molecule is CN(Cc1ccsc1)C(=S)NC1CCCCC1. The van der Waals surface area contributed by atoms with Gasteiger partial charge in [0.15, 0.2) is 5.11 Å². The van der Waals surface area contributed by atoms with Crippen LogP contribution in [0.4, 0.5) is 0 Å². The molecule has 0 amide bonds. The van der Waals surface area contributed by atoms with Crippen LogP contribution in [0.3, 0.4) is 0 Å². The number of hydrogen-bond acceptors (Lipinski definition) is 2. The first-order valence-corrected chi connectivity index (χ1v) is 7.63. The lowest BCUT2D eigenvalue weighted by Gasteiger charge is -2.28. The highest BCUT2D eigenvalue weighted by Crippen LogP contribution is 2.17. The Hall–Kier alpha value is -0.610. The normalized spacial score (nSPS) is 16.8. The van der Waals surface area contributed by atoms with Gasteiger partial charge in [-0.1, -0.05) is 19.3 Å². The van der Waals surface area contributed by atoms with Crippen molar-refractivity contribution in [2.45, 2.75) is 44.7 Å². The number of hydrogen-bond donors (Lipinski definition) is 1. The Bertz CT molecular complexity index is 342. The summed E-state index contributed by atoms with van der Waals surface area (Å²) in [5.74, 6) is 0. The van der Waals surface area contributed by atoms with Gasteiger partial charge in [0.2, 0.25) is 0 Å². The third-order valence-electron chi connectivity index (χ3n) is 3.28. The van der Waals surface area contributed by atoms with Crippen molar-refractivity contribution < 1.29 is 0 Å². The number of thiophene rings is 1.